The standard InChI is InChI=1S/C13H16INO3S/c1-4-9-15(13(16)11(3)14)19(17,18)12-7-5-10(2)6-8-12/h4-8,11H,1,9H2,2-3H3. The molecule has 1 aromatic rings. The van der Waals surface area contributed by atoms with Crippen molar-refractivity contribution < 1.29 is 13.2 Å². The summed E-state index contributed by atoms with van der Waals surface area (Å²) in [6.07, 6.45) is 1.41. The van der Waals surface area contributed by atoms with Crippen LogP contribution in [0.15, 0.2) is 41.8 Å². The lowest BCUT2D eigenvalue weighted by molar-refractivity contribution is -0.124. The van der Waals surface area contributed by atoms with E-state index < -0.39 is 19.9 Å². The fourth-order valence-corrected chi connectivity index (χ4v) is 3.42. The highest BCUT2D eigenvalue weighted by atomic mass is 127. The topological polar surface area (TPSA) is 54.5 Å². The van der Waals surface area contributed by atoms with Crippen molar-refractivity contribution >= 4 is 38.5 Å². The Morgan fingerprint density at radius 3 is 2.37 bits per heavy atom. The van der Waals surface area contributed by atoms with Crippen LogP contribution in [0.25, 0.3) is 0 Å². The molecule has 0 aromatic heterocycles. The largest absolute Gasteiger partial charge is 0.273 e. The van der Waals surface area contributed by atoms with Crippen molar-refractivity contribution in [1.29, 1.82) is 0 Å². The minimum Gasteiger partial charge on any atom is -0.273 e. The molecule has 0 fully saturated rings. The summed E-state index contributed by atoms with van der Waals surface area (Å²) < 4.78 is 25.3. The number of amides is 1. The van der Waals surface area contributed by atoms with Crippen LogP contribution in [0.5, 0.6) is 0 Å². The van der Waals surface area contributed by atoms with Gasteiger partial charge in [-0.2, -0.15) is 0 Å². The summed E-state index contributed by atoms with van der Waals surface area (Å²) in [5.41, 5.74) is 0.961. The molecule has 1 amide bonds. The smallest absolute Gasteiger partial charge is 0.266 e. The van der Waals surface area contributed by atoms with Crippen LogP contribution in [0.2, 0.25) is 0 Å². The lowest BCUT2D eigenvalue weighted by Gasteiger charge is -2.22. The van der Waals surface area contributed by atoms with Crippen molar-refractivity contribution in [1.82, 2.24) is 4.31 Å². The molecule has 0 radical (unpaired) electrons. The fourth-order valence-electron chi connectivity index (χ4n) is 1.46. The molecule has 1 unspecified atom stereocenters. The summed E-state index contributed by atoms with van der Waals surface area (Å²) in [7, 11) is -3.82. The van der Waals surface area contributed by atoms with Gasteiger partial charge in [-0.3, -0.25) is 4.79 Å². The average molecular weight is 393 g/mol. The molecule has 0 saturated carbocycles. The van der Waals surface area contributed by atoms with Crippen LogP contribution in [0.3, 0.4) is 0 Å². The number of halogens is 1. The summed E-state index contributed by atoms with van der Waals surface area (Å²) in [4.78, 5) is 12.1. The number of nitrogens with zero attached hydrogens (tertiary/aromatic N) is 1. The Bertz CT molecular complexity index is 564. The third kappa shape index (κ3) is 3.79. The maximum Gasteiger partial charge on any atom is 0.266 e. The highest BCUT2D eigenvalue weighted by Crippen LogP contribution is 2.19. The minimum absolute atomic E-state index is 0.0254. The van der Waals surface area contributed by atoms with Gasteiger partial charge >= 0.3 is 0 Å². The number of alkyl halides is 1. The average Bonchev–Trinajstić information content (AvgIpc) is 2.35. The lowest BCUT2D eigenvalue weighted by atomic mass is 10.2. The number of carbonyl (C=O) groups is 1. The molecular weight excluding hydrogens is 377 g/mol. The molecule has 0 aliphatic carbocycles. The van der Waals surface area contributed by atoms with Crippen molar-refractivity contribution in [3.8, 4) is 0 Å². The third-order valence-corrected chi connectivity index (χ3v) is 4.80. The quantitative estimate of drug-likeness (QED) is 0.439. The fraction of sp³-hybridized carbons (Fsp3) is 0.308. The van der Waals surface area contributed by atoms with Gasteiger partial charge < -0.3 is 0 Å². The van der Waals surface area contributed by atoms with E-state index in [2.05, 4.69) is 6.58 Å². The van der Waals surface area contributed by atoms with Crippen LogP contribution in [-0.4, -0.2) is 29.1 Å². The minimum atomic E-state index is -3.82. The molecule has 0 bridgehead atoms. The van der Waals surface area contributed by atoms with E-state index in [1.165, 1.54) is 18.2 Å². The highest BCUT2D eigenvalue weighted by molar-refractivity contribution is 14.1. The van der Waals surface area contributed by atoms with E-state index in [-0.39, 0.29) is 11.4 Å². The molecule has 1 atom stereocenters. The Kier molecular flexibility index (Phi) is 5.54. The predicted molar refractivity (Wildman–Crippen MR) is 83.8 cm³/mol. The molecule has 1 aromatic carbocycles. The van der Waals surface area contributed by atoms with Gasteiger partial charge in [-0.15, -0.1) is 6.58 Å². The monoisotopic (exact) mass is 393 g/mol. The van der Waals surface area contributed by atoms with Crippen molar-refractivity contribution in [2.45, 2.75) is 22.7 Å². The van der Waals surface area contributed by atoms with E-state index in [0.29, 0.717) is 0 Å². The first-order chi connectivity index (χ1) is 8.80. The van der Waals surface area contributed by atoms with E-state index in [1.54, 1.807) is 19.1 Å². The number of rotatable bonds is 5. The summed E-state index contributed by atoms with van der Waals surface area (Å²) >= 11 is 1.90. The second-order valence-electron chi connectivity index (χ2n) is 4.09. The van der Waals surface area contributed by atoms with Crippen molar-refractivity contribution in [2.75, 3.05) is 6.54 Å². The van der Waals surface area contributed by atoms with Gasteiger partial charge in [0.1, 0.15) is 0 Å². The molecular formula is C13H16INO3S. The Morgan fingerprint density at radius 2 is 1.95 bits per heavy atom. The van der Waals surface area contributed by atoms with Gasteiger partial charge in [-0.25, -0.2) is 12.7 Å². The van der Waals surface area contributed by atoms with Crippen LogP contribution >= 0.6 is 22.6 Å². The molecule has 0 heterocycles. The molecule has 0 spiro atoms. The van der Waals surface area contributed by atoms with Crippen LogP contribution < -0.4 is 0 Å². The molecule has 0 N–H and O–H groups in total. The lowest BCUT2D eigenvalue weighted by Crippen LogP contribution is -2.40. The molecule has 0 aliphatic heterocycles. The van der Waals surface area contributed by atoms with Crippen molar-refractivity contribution in [2.24, 2.45) is 0 Å². The van der Waals surface area contributed by atoms with Gasteiger partial charge in [0.05, 0.1) is 15.4 Å². The number of sulfonamides is 1. The summed E-state index contributed by atoms with van der Waals surface area (Å²) in [6, 6.07) is 6.42. The Hall–Kier alpha value is -0.890. The van der Waals surface area contributed by atoms with Gasteiger partial charge in [0.2, 0.25) is 5.91 Å². The maximum atomic E-state index is 12.4. The number of aryl methyl sites for hydroxylation is 1. The normalized spacial score (nSPS) is 12.8. The Labute approximate surface area is 127 Å². The van der Waals surface area contributed by atoms with Crippen LogP contribution in [0, 0.1) is 6.92 Å². The summed E-state index contributed by atoms with van der Waals surface area (Å²) in [5.74, 6) is -0.443. The Morgan fingerprint density at radius 1 is 1.42 bits per heavy atom. The van der Waals surface area contributed by atoms with Gasteiger partial charge in [0, 0.05) is 0 Å². The first-order valence-electron chi connectivity index (χ1n) is 5.69. The SMILES string of the molecule is C=CCN(C(=O)C(C)I)S(=O)(=O)c1ccc(C)cc1. The van der Waals surface area contributed by atoms with Crippen LogP contribution in [0.4, 0.5) is 0 Å². The van der Waals surface area contributed by atoms with Crippen LogP contribution in [0.1, 0.15) is 12.5 Å². The van der Waals surface area contributed by atoms with Gasteiger partial charge in [-0.05, 0) is 26.0 Å². The van der Waals surface area contributed by atoms with E-state index in [4.69, 9.17) is 0 Å². The number of carbonyl (C=O) groups excluding carboxylic acids is 1. The number of benzene rings is 1. The second kappa shape index (κ2) is 6.51. The molecule has 19 heavy (non-hydrogen) atoms. The number of hydrogen-bond acceptors (Lipinski definition) is 3. The summed E-state index contributed by atoms with van der Waals surface area (Å²) in [5, 5.41) is 0. The van der Waals surface area contributed by atoms with E-state index in [1.807, 2.05) is 29.5 Å². The Balaban J connectivity index is 3.23. The molecule has 1 rings (SSSR count). The zero-order valence-electron chi connectivity index (χ0n) is 10.8. The molecule has 0 saturated heterocycles. The second-order valence-corrected chi connectivity index (χ2v) is 7.82. The maximum absolute atomic E-state index is 12.4. The number of hydrogen-bond donors (Lipinski definition) is 0. The highest BCUT2D eigenvalue weighted by Gasteiger charge is 2.30. The zero-order chi connectivity index (χ0) is 14.6. The van der Waals surface area contributed by atoms with E-state index in [9.17, 15) is 13.2 Å². The van der Waals surface area contributed by atoms with Crippen molar-refractivity contribution in [3.05, 3.63) is 42.5 Å². The molecule has 4 nitrogen and oxygen atoms in total. The van der Waals surface area contributed by atoms with Crippen molar-refractivity contribution in [3.63, 3.8) is 0 Å². The van der Waals surface area contributed by atoms with Gasteiger partial charge in [0.25, 0.3) is 10.0 Å². The molecule has 6 heteroatoms. The zero-order valence-corrected chi connectivity index (χ0v) is 13.8. The van der Waals surface area contributed by atoms with Crippen LogP contribution in [-0.2, 0) is 14.8 Å². The third-order valence-electron chi connectivity index (χ3n) is 2.49. The predicted octanol–water partition coefficient (Wildman–Crippen LogP) is 2.52. The first kappa shape index (κ1) is 16.2. The first-order valence-corrected chi connectivity index (χ1v) is 8.37. The van der Waals surface area contributed by atoms with E-state index >= 15 is 0 Å². The molecule has 104 valence electrons. The summed E-state index contributed by atoms with van der Waals surface area (Å²) in [6.45, 7) is 7.00. The molecule has 0 aliphatic rings. The van der Waals surface area contributed by atoms with Gasteiger partial charge in [0.15, 0.2) is 0 Å². The van der Waals surface area contributed by atoms with Gasteiger partial charge in [-0.1, -0.05) is 46.4 Å². The van der Waals surface area contributed by atoms with E-state index in [0.717, 1.165) is 9.87 Å².